The monoisotopic (exact) mass is 509 g/mol. The fourth-order valence-corrected chi connectivity index (χ4v) is 6.01. The van der Waals surface area contributed by atoms with Crippen LogP contribution in [-0.2, 0) is 22.7 Å². The highest BCUT2D eigenvalue weighted by Gasteiger charge is 2.40. The van der Waals surface area contributed by atoms with Crippen LogP contribution in [0.15, 0.2) is 73.1 Å². The molecule has 3 aliphatic rings. The molecule has 4 heterocycles. The van der Waals surface area contributed by atoms with Crippen LogP contribution in [0.3, 0.4) is 0 Å². The minimum absolute atomic E-state index is 0.122. The lowest BCUT2D eigenvalue weighted by molar-refractivity contribution is -0.136. The van der Waals surface area contributed by atoms with Crippen LogP contribution < -0.4 is 5.32 Å². The van der Waals surface area contributed by atoms with Crippen LogP contribution in [0.5, 0.6) is 0 Å². The van der Waals surface area contributed by atoms with Gasteiger partial charge >= 0.3 is 0 Å². The zero-order chi connectivity index (χ0) is 26.1. The topological polar surface area (TPSA) is 85.9 Å². The first-order valence-electron chi connectivity index (χ1n) is 13.2. The molecule has 38 heavy (non-hydrogen) atoms. The van der Waals surface area contributed by atoms with Crippen LogP contribution in [0.25, 0.3) is 0 Å². The lowest BCUT2D eigenvalue weighted by Gasteiger charge is -2.40. The fraction of sp³-hybridized carbons (Fsp3) is 0.333. The van der Waals surface area contributed by atoms with Crippen molar-refractivity contribution in [3.05, 3.63) is 101 Å². The van der Waals surface area contributed by atoms with Gasteiger partial charge in [-0.2, -0.15) is 0 Å². The Morgan fingerprint density at radius 2 is 1.68 bits per heavy atom. The summed E-state index contributed by atoms with van der Waals surface area (Å²) in [6, 6.07) is 20.2. The van der Waals surface area contributed by atoms with Crippen LogP contribution >= 0.6 is 0 Å². The van der Waals surface area contributed by atoms with Crippen LogP contribution in [0.4, 0.5) is 0 Å². The molecular weight excluding hydrogens is 478 g/mol. The standard InChI is InChI=1S/C30H31N5O3/c36-27-12-11-26(29(37)32-27)35-20-25-23(8-4-10-24(25)30(35)38)19-33-14-16-34(17-15-33)28(21-6-2-1-3-7-21)22-9-5-13-31-18-22/h1-10,13,18,26,28H,11-12,14-17,19-20H2,(H,32,36,37). The van der Waals surface area contributed by atoms with E-state index in [9.17, 15) is 14.4 Å². The number of nitrogens with zero attached hydrogens (tertiary/aromatic N) is 4. The first-order chi connectivity index (χ1) is 18.6. The van der Waals surface area contributed by atoms with E-state index in [1.165, 1.54) is 11.1 Å². The summed E-state index contributed by atoms with van der Waals surface area (Å²) in [7, 11) is 0. The molecule has 0 bridgehead atoms. The third-order valence-electron chi connectivity index (χ3n) is 7.96. The number of hydrogen-bond acceptors (Lipinski definition) is 6. The summed E-state index contributed by atoms with van der Waals surface area (Å²) in [5.74, 6) is -0.765. The smallest absolute Gasteiger partial charge is 0.255 e. The van der Waals surface area contributed by atoms with Crippen molar-refractivity contribution in [3.8, 4) is 0 Å². The average Bonchev–Trinajstić information content (AvgIpc) is 3.28. The van der Waals surface area contributed by atoms with Gasteiger partial charge in [-0.3, -0.25) is 34.5 Å². The Hall–Kier alpha value is -3.88. The van der Waals surface area contributed by atoms with Gasteiger partial charge in [0.1, 0.15) is 6.04 Å². The number of fused-ring (bicyclic) bond motifs is 1. The van der Waals surface area contributed by atoms with Crippen molar-refractivity contribution in [2.75, 3.05) is 26.2 Å². The Bertz CT molecular complexity index is 1300. The number of pyridine rings is 1. The molecule has 3 amide bonds. The molecular formula is C30H31N5O3. The van der Waals surface area contributed by atoms with E-state index in [1.54, 1.807) is 4.90 Å². The summed E-state index contributed by atoms with van der Waals surface area (Å²) in [6.45, 7) is 4.84. The van der Waals surface area contributed by atoms with Gasteiger partial charge in [-0.1, -0.05) is 48.5 Å². The number of nitrogens with one attached hydrogen (secondary N) is 1. The summed E-state index contributed by atoms with van der Waals surface area (Å²) < 4.78 is 0. The average molecular weight is 510 g/mol. The Kier molecular flexibility index (Phi) is 6.74. The summed E-state index contributed by atoms with van der Waals surface area (Å²) >= 11 is 0. The van der Waals surface area contributed by atoms with Crippen molar-refractivity contribution in [1.82, 2.24) is 25.0 Å². The molecule has 8 nitrogen and oxygen atoms in total. The van der Waals surface area contributed by atoms with Crippen molar-refractivity contribution in [3.63, 3.8) is 0 Å². The highest BCUT2D eigenvalue weighted by atomic mass is 16.2. The summed E-state index contributed by atoms with van der Waals surface area (Å²) in [5, 5.41) is 2.38. The summed E-state index contributed by atoms with van der Waals surface area (Å²) in [5.41, 5.74) is 5.27. The second-order valence-corrected chi connectivity index (χ2v) is 10.3. The second-order valence-electron chi connectivity index (χ2n) is 10.3. The Balaban J connectivity index is 1.15. The maximum atomic E-state index is 13.2. The highest BCUT2D eigenvalue weighted by Crippen LogP contribution is 2.32. The second kappa shape index (κ2) is 10.5. The van der Waals surface area contributed by atoms with E-state index in [0.717, 1.165) is 43.9 Å². The normalized spacial score (nSPS) is 21.3. The first kappa shape index (κ1) is 24.5. The molecule has 0 radical (unpaired) electrons. The molecule has 194 valence electrons. The number of carbonyl (C=O) groups excluding carboxylic acids is 3. The summed E-state index contributed by atoms with van der Waals surface area (Å²) in [6.07, 6.45) is 4.41. The van der Waals surface area contributed by atoms with E-state index >= 15 is 0 Å². The fourth-order valence-electron chi connectivity index (χ4n) is 6.01. The number of piperazine rings is 1. The zero-order valence-electron chi connectivity index (χ0n) is 21.3. The molecule has 8 heteroatoms. The van der Waals surface area contributed by atoms with Gasteiger partial charge in [0.15, 0.2) is 0 Å². The number of carbonyl (C=O) groups is 3. The van der Waals surface area contributed by atoms with Crippen molar-refractivity contribution in [2.24, 2.45) is 0 Å². The number of aromatic nitrogens is 1. The molecule has 2 atom stereocenters. The maximum Gasteiger partial charge on any atom is 0.255 e. The molecule has 2 fully saturated rings. The van der Waals surface area contributed by atoms with Crippen molar-refractivity contribution in [2.45, 2.75) is 38.0 Å². The number of rotatable bonds is 6. The van der Waals surface area contributed by atoms with Crippen LogP contribution in [0.1, 0.15) is 51.5 Å². The molecule has 3 aliphatic heterocycles. The molecule has 0 spiro atoms. The Labute approximate surface area is 222 Å². The Morgan fingerprint density at radius 3 is 2.42 bits per heavy atom. The number of piperidine rings is 1. The minimum Gasteiger partial charge on any atom is -0.322 e. The van der Waals surface area contributed by atoms with Gasteiger partial charge < -0.3 is 4.90 Å². The van der Waals surface area contributed by atoms with Crippen molar-refractivity contribution in [1.29, 1.82) is 0 Å². The van der Waals surface area contributed by atoms with Crippen LogP contribution in [0.2, 0.25) is 0 Å². The van der Waals surface area contributed by atoms with Crippen molar-refractivity contribution >= 4 is 17.7 Å². The predicted molar refractivity (Wildman–Crippen MR) is 142 cm³/mol. The maximum absolute atomic E-state index is 13.2. The predicted octanol–water partition coefficient (Wildman–Crippen LogP) is 2.75. The molecule has 6 rings (SSSR count). The van der Waals surface area contributed by atoms with E-state index < -0.39 is 6.04 Å². The van der Waals surface area contributed by atoms with Gasteiger partial charge in [-0.25, -0.2) is 0 Å². The summed E-state index contributed by atoms with van der Waals surface area (Å²) in [4.78, 5) is 48.2. The minimum atomic E-state index is -0.591. The van der Waals surface area contributed by atoms with Gasteiger partial charge in [0.25, 0.3) is 5.91 Å². The van der Waals surface area contributed by atoms with E-state index in [4.69, 9.17) is 0 Å². The molecule has 2 aromatic carbocycles. The van der Waals surface area contributed by atoms with E-state index in [1.807, 2.05) is 36.7 Å². The molecule has 2 saturated heterocycles. The first-order valence-corrected chi connectivity index (χ1v) is 13.2. The van der Waals surface area contributed by atoms with E-state index in [-0.39, 0.29) is 30.2 Å². The van der Waals surface area contributed by atoms with Gasteiger partial charge in [0.05, 0.1) is 6.04 Å². The SMILES string of the molecule is O=C1CCC(N2Cc3c(CN4CCN(C(c5ccccc5)c5cccnc5)CC4)cccc3C2=O)C(=O)N1. The third kappa shape index (κ3) is 4.73. The number of amides is 3. The van der Waals surface area contributed by atoms with Crippen molar-refractivity contribution < 1.29 is 14.4 Å². The molecule has 2 unspecified atom stereocenters. The van der Waals surface area contributed by atoms with Gasteiger partial charge in [0, 0.05) is 63.6 Å². The molecule has 0 aliphatic carbocycles. The Morgan fingerprint density at radius 1 is 0.895 bits per heavy atom. The number of hydrogen-bond donors (Lipinski definition) is 1. The van der Waals surface area contributed by atoms with Crippen LogP contribution in [0, 0.1) is 0 Å². The molecule has 1 aromatic heterocycles. The largest absolute Gasteiger partial charge is 0.322 e. The highest BCUT2D eigenvalue weighted by molar-refractivity contribution is 6.05. The van der Waals surface area contributed by atoms with Crippen LogP contribution in [-0.4, -0.2) is 69.6 Å². The molecule has 1 N–H and O–H groups in total. The molecule has 3 aromatic rings. The molecule has 0 saturated carbocycles. The van der Waals surface area contributed by atoms with Gasteiger partial charge in [0.2, 0.25) is 11.8 Å². The third-order valence-corrected chi connectivity index (χ3v) is 7.96. The van der Waals surface area contributed by atoms with E-state index in [2.05, 4.69) is 56.5 Å². The zero-order valence-corrected chi connectivity index (χ0v) is 21.3. The number of imide groups is 1. The lowest BCUT2D eigenvalue weighted by atomic mass is 9.97. The quantitative estimate of drug-likeness (QED) is 0.515. The van der Waals surface area contributed by atoms with E-state index in [0.29, 0.717) is 18.5 Å². The number of benzene rings is 2. The lowest BCUT2D eigenvalue weighted by Crippen LogP contribution is -2.52. The van der Waals surface area contributed by atoms with Gasteiger partial charge in [-0.15, -0.1) is 0 Å². The van der Waals surface area contributed by atoms with Gasteiger partial charge in [-0.05, 0) is 40.8 Å².